The van der Waals surface area contributed by atoms with Gasteiger partial charge in [-0.05, 0) is 36.8 Å². The largest absolute Gasteiger partial charge is 0.481 e. The molecule has 0 spiro atoms. The van der Waals surface area contributed by atoms with Crippen LogP contribution in [0.4, 0.5) is 0 Å². The molecular weight excluding hydrogens is 432 g/mol. The molecule has 1 aromatic carbocycles. The van der Waals surface area contributed by atoms with Gasteiger partial charge in [-0.25, -0.2) is 9.97 Å². The summed E-state index contributed by atoms with van der Waals surface area (Å²) in [6.07, 6.45) is 24.0. The molecule has 1 N–H and O–H groups in total. The number of aryl methyl sites for hydroxylation is 1. The average molecular weight is 481 g/mol. The van der Waals surface area contributed by atoms with Gasteiger partial charge in [-0.2, -0.15) is 0 Å². The van der Waals surface area contributed by atoms with E-state index in [2.05, 4.69) is 23.8 Å². The lowest BCUT2D eigenvalue weighted by molar-refractivity contribution is -0.142. The quantitative estimate of drug-likeness (QED) is 0.192. The standard InChI is InChI=1S/C31H48N2O2/c1-3-5-7-9-11-12-13-15-17-27-24-32-30(33-25-27)28-21-19-26(20-22-28)23-29(31(34)35)18-16-14-10-8-6-4-2/h19-22,24-25,29H,3-18,23H2,1-2H3,(H,34,35). The van der Waals surface area contributed by atoms with Gasteiger partial charge in [0.1, 0.15) is 0 Å². The molecule has 0 aliphatic carbocycles. The number of aromatic nitrogens is 2. The lowest BCUT2D eigenvalue weighted by atomic mass is 9.93. The zero-order valence-corrected chi connectivity index (χ0v) is 22.3. The Morgan fingerprint density at radius 2 is 1.23 bits per heavy atom. The van der Waals surface area contributed by atoms with Gasteiger partial charge in [-0.1, -0.05) is 122 Å². The van der Waals surface area contributed by atoms with Crippen LogP contribution in [0.2, 0.25) is 0 Å². The van der Waals surface area contributed by atoms with E-state index in [4.69, 9.17) is 0 Å². The first-order valence-corrected chi connectivity index (χ1v) is 14.3. The fourth-order valence-corrected chi connectivity index (χ4v) is 4.65. The van der Waals surface area contributed by atoms with E-state index < -0.39 is 5.97 Å². The highest BCUT2D eigenvalue weighted by atomic mass is 16.4. The van der Waals surface area contributed by atoms with Crippen molar-refractivity contribution in [3.8, 4) is 11.4 Å². The van der Waals surface area contributed by atoms with Crippen molar-refractivity contribution < 1.29 is 9.90 Å². The number of aliphatic carboxylic acids is 1. The van der Waals surface area contributed by atoms with Crippen molar-refractivity contribution >= 4 is 5.97 Å². The van der Waals surface area contributed by atoms with Gasteiger partial charge in [0.2, 0.25) is 0 Å². The molecule has 0 saturated carbocycles. The van der Waals surface area contributed by atoms with Crippen LogP contribution in [0.1, 0.15) is 121 Å². The molecule has 1 unspecified atom stereocenters. The van der Waals surface area contributed by atoms with Crippen molar-refractivity contribution in [2.24, 2.45) is 5.92 Å². The maximum Gasteiger partial charge on any atom is 0.306 e. The minimum absolute atomic E-state index is 0.307. The Labute approximate surface area is 214 Å². The van der Waals surface area contributed by atoms with Gasteiger partial charge in [-0.15, -0.1) is 0 Å². The van der Waals surface area contributed by atoms with Crippen LogP contribution in [0.5, 0.6) is 0 Å². The first-order chi connectivity index (χ1) is 17.1. The summed E-state index contributed by atoms with van der Waals surface area (Å²) in [6.45, 7) is 4.48. The van der Waals surface area contributed by atoms with Crippen molar-refractivity contribution in [2.45, 2.75) is 123 Å². The molecule has 0 aliphatic heterocycles. The summed E-state index contributed by atoms with van der Waals surface area (Å²) in [7, 11) is 0. The molecule has 2 aromatic rings. The summed E-state index contributed by atoms with van der Waals surface area (Å²) >= 11 is 0. The highest BCUT2D eigenvalue weighted by molar-refractivity contribution is 5.70. The second kappa shape index (κ2) is 18.1. The van der Waals surface area contributed by atoms with E-state index in [1.54, 1.807) is 0 Å². The number of nitrogens with zero attached hydrogens (tertiary/aromatic N) is 2. The minimum atomic E-state index is -0.682. The normalized spacial score (nSPS) is 12.1. The molecule has 4 heteroatoms. The lowest BCUT2D eigenvalue weighted by Crippen LogP contribution is -2.16. The molecule has 0 saturated heterocycles. The maximum atomic E-state index is 11.7. The van der Waals surface area contributed by atoms with Crippen molar-refractivity contribution in [1.29, 1.82) is 0 Å². The van der Waals surface area contributed by atoms with Crippen LogP contribution < -0.4 is 0 Å². The van der Waals surface area contributed by atoms with E-state index in [1.807, 2.05) is 36.7 Å². The zero-order valence-electron chi connectivity index (χ0n) is 22.3. The average Bonchev–Trinajstić information content (AvgIpc) is 2.87. The van der Waals surface area contributed by atoms with Gasteiger partial charge in [-0.3, -0.25) is 4.79 Å². The molecule has 4 nitrogen and oxygen atoms in total. The third kappa shape index (κ3) is 12.3. The van der Waals surface area contributed by atoms with Crippen LogP contribution in [0.15, 0.2) is 36.7 Å². The summed E-state index contributed by atoms with van der Waals surface area (Å²) in [4.78, 5) is 20.9. The predicted molar refractivity (Wildman–Crippen MR) is 147 cm³/mol. The molecule has 2 rings (SSSR count). The third-order valence-electron chi connectivity index (χ3n) is 6.97. The number of carboxylic acids is 1. The summed E-state index contributed by atoms with van der Waals surface area (Å²) in [5.41, 5.74) is 3.25. The van der Waals surface area contributed by atoms with Gasteiger partial charge in [0, 0.05) is 18.0 Å². The Hall–Kier alpha value is -2.23. The first-order valence-electron chi connectivity index (χ1n) is 14.3. The van der Waals surface area contributed by atoms with Crippen LogP contribution in [-0.4, -0.2) is 21.0 Å². The highest BCUT2D eigenvalue weighted by Crippen LogP contribution is 2.21. The van der Waals surface area contributed by atoms with E-state index in [0.717, 1.165) is 42.6 Å². The summed E-state index contributed by atoms with van der Waals surface area (Å²) in [5, 5.41) is 9.65. The summed E-state index contributed by atoms with van der Waals surface area (Å²) < 4.78 is 0. The van der Waals surface area contributed by atoms with Crippen LogP contribution in [0, 0.1) is 5.92 Å². The van der Waals surface area contributed by atoms with Crippen LogP contribution in [0.3, 0.4) is 0 Å². The van der Waals surface area contributed by atoms with E-state index in [1.165, 1.54) is 82.6 Å². The van der Waals surface area contributed by atoms with Crippen LogP contribution >= 0.6 is 0 Å². The highest BCUT2D eigenvalue weighted by Gasteiger charge is 2.17. The van der Waals surface area contributed by atoms with E-state index >= 15 is 0 Å². The molecule has 0 aliphatic rings. The molecule has 1 aromatic heterocycles. The first kappa shape index (κ1) is 29.0. The van der Waals surface area contributed by atoms with Crippen molar-refractivity contribution in [3.63, 3.8) is 0 Å². The third-order valence-corrected chi connectivity index (χ3v) is 6.97. The summed E-state index contributed by atoms with van der Waals surface area (Å²) in [5.74, 6) is -0.255. The molecule has 0 bridgehead atoms. The molecule has 35 heavy (non-hydrogen) atoms. The number of carbonyl (C=O) groups is 1. The number of hydrogen-bond donors (Lipinski definition) is 1. The van der Waals surface area contributed by atoms with Gasteiger partial charge in [0.15, 0.2) is 5.82 Å². The smallest absolute Gasteiger partial charge is 0.306 e. The second-order valence-electron chi connectivity index (χ2n) is 10.1. The molecule has 1 heterocycles. The number of hydrogen-bond acceptors (Lipinski definition) is 3. The number of unbranched alkanes of at least 4 members (excludes halogenated alkanes) is 12. The van der Waals surface area contributed by atoms with Gasteiger partial charge < -0.3 is 5.11 Å². The summed E-state index contributed by atoms with van der Waals surface area (Å²) in [6, 6.07) is 8.10. The van der Waals surface area contributed by atoms with E-state index in [-0.39, 0.29) is 5.92 Å². The number of carboxylic acid groups (broad SMARTS) is 1. The Morgan fingerprint density at radius 1 is 0.714 bits per heavy atom. The van der Waals surface area contributed by atoms with Crippen molar-refractivity contribution in [3.05, 3.63) is 47.8 Å². The Kier molecular flexibility index (Phi) is 15.0. The SMILES string of the molecule is CCCCCCCCCCc1cnc(-c2ccc(CC(CCCCCCCC)C(=O)O)cc2)nc1. The van der Waals surface area contributed by atoms with Gasteiger partial charge in [0.05, 0.1) is 5.92 Å². The number of benzene rings is 1. The van der Waals surface area contributed by atoms with Crippen molar-refractivity contribution in [2.75, 3.05) is 0 Å². The number of rotatable bonds is 20. The molecule has 0 radical (unpaired) electrons. The molecule has 1 atom stereocenters. The minimum Gasteiger partial charge on any atom is -0.481 e. The topological polar surface area (TPSA) is 63.1 Å². The Balaban J connectivity index is 1.74. The van der Waals surface area contributed by atoms with Crippen molar-refractivity contribution in [1.82, 2.24) is 9.97 Å². The van der Waals surface area contributed by atoms with Crippen LogP contribution in [-0.2, 0) is 17.6 Å². The predicted octanol–water partition coefficient (Wildman–Crippen LogP) is 8.82. The fourth-order valence-electron chi connectivity index (χ4n) is 4.65. The monoisotopic (exact) mass is 480 g/mol. The maximum absolute atomic E-state index is 11.7. The molecule has 194 valence electrons. The molecular formula is C31H48N2O2. The van der Waals surface area contributed by atoms with Crippen LogP contribution in [0.25, 0.3) is 11.4 Å². The lowest BCUT2D eigenvalue weighted by Gasteiger charge is -2.13. The van der Waals surface area contributed by atoms with Gasteiger partial charge >= 0.3 is 5.97 Å². The second-order valence-corrected chi connectivity index (χ2v) is 10.1. The molecule has 0 amide bonds. The Bertz CT molecular complexity index is 802. The van der Waals surface area contributed by atoms with Gasteiger partial charge in [0.25, 0.3) is 0 Å². The zero-order chi connectivity index (χ0) is 25.1. The fraction of sp³-hybridized carbons (Fsp3) is 0.645. The Morgan fingerprint density at radius 3 is 1.77 bits per heavy atom. The van der Waals surface area contributed by atoms with E-state index in [9.17, 15) is 9.90 Å². The molecule has 0 fully saturated rings. The van der Waals surface area contributed by atoms with E-state index in [0.29, 0.717) is 6.42 Å².